The third-order valence-electron chi connectivity index (χ3n) is 2.50. The van der Waals surface area contributed by atoms with Crippen molar-refractivity contribution in [2.45, 2.75) is 26.7 Å². The van der Waals surface area contributed by atoms with Crippen molar-refractivity contribution in [1.29, 1.82) is 0 Å². The highest BCUT2D eigenvalue weighted by Crippen LogP contribution is 2.21. The molecule has 0 aliphatic carbocycles. The highest BCUT2D eigenvalue weighted by Gasteiger charge is 2.15. The smallest absolute Gasteiger partial charge is 0.306 e. The van der Waals surface area contributed by atoms with Crippen LogP contribution >= 0.6 is 11.6 Å². The first kappa shape index (κ1) is 12.0. The van der Waals surface area contributed by atoms with Gasteiger partial charge >= 0.3 is 5.97 Å². The Morgan fingerprint density at radius 3 is 2.67 bits per heavy atom. The summed E-state index contributed by atoms with van der Waals surface area (Å²) in [5.74, 6) is -1.12. The zero-order valence-electron chi connectivity index (χ0n) is 9.12. The van der Waals surface area contributed by atoms with E-state index in [9.17, 15) is 4.79 Å². The number of hydrogen-bond donors (Lipinski definition) is 1. The van der Waals surface area contributed by atoms with Crippen molar-refractivity contribution in [2.75, 3.05) is 0 Å². The molecule has 0 saturated heterocycles. The first-order valence-corrected chi connectivity index (χ1v) is 5.22. The van der Waals surface area contributed by atoms with Crippen LogP contribution in [0.25, 0.3) is 0 Å². The number of hydrogen-bond acceptors (Lipinski definition) is 2. The maximum atomic E-state index is 10.6. The number of carboxylic acid groups (broad SMARTS) is 1. The summed E-state index contributed by atoms with van der Waals surface area (Å²) >= 11 is 6.05. The number of rotatable bonds is 4. The summed E-state index contributed by atoms with van der Waals surface area (Å²) in [6, 6.07) is 0. The van der Waals surface area contributed by atoms with Crippen molar-refractivity contribution in [3.63, 3.8) is 0 Å². The maximum absolute atomic E-state index is 10.6. The molecule has 0 aliphatic heterocycles. The average molecular weight is 231 g/mol. The number of aryl methyl sites for hydroxylation is 2. The molecule has 1 unspecified atom stereocenters. The third kappa shape index (κ3) is 2.72. The molecule has 84 valence electrons. The average Bonchev–Trinajstić information content (AvgIpc) is 2.38. The zero-order valence-corrected chi connectivity index (χ0v) is 9.88. The van der Waals surface area contributed by atoms with Crippen LogP contribution < -0.4 is 0 Å². The van der Waals surface area contributed by atoms with E-state index in [4.69, 9.17) is 16.7 Å². The highest BCUT2D eigenvalue weighted by atomic mass is 35.5. The summed E-state index contributed by atoms with van der Waals surface area (Å²) in [6.45, 7) is 3.53. The molecular weight excluding hydrogens is 216 g/mol. The number of aromatic nitrogens is 2. The lowest BCUT2D eigenvalue weighted by atomic mass is 10.0. The second-order valence-corrected chi connectivity index (χ2v) is 4.13. The van der Waals surface area contributed by atoms with Crippen LogP contribution in [-0.2, 0) is 18.3 Å². The van der Waals surface area contributed by atoms with Gasteiger partial charge in [0.1, 0.15) is 0 Å². The molecular formula is C10H15ClN2O2. The summed E-state index contributed by atoms with van der Waals surface area (Å²) in [5.41, 5.74) is 1.69. The van der Waals surface area contributed by atoms with Gasteiger partial charge in [-0.25, -0.2) is 0 Å². The second-order valence-electron chi connectivity index (χ2n) is 3.75. The van der Waals surface area contributed by atoms with E-state index in [1.807, 2.05) is 14.0 Å². The molecule has 0 spiro atoms. The van der Waals surface area contributed by atoms with E-state index in [2.05, 4.69) is 5.10 Å². The fourth-order valence-electron chi connectivity index (χ4n) is 1.43. The lowest BCUT2D eigenvalue weighted by molar-refractivity contribution is -0.141. The molecule has 0 saturated carbocycles. The lowest BCUT2D eigenvalue weighted by Crippen LogP contribution is -2.11. The first-order valence-electron chi connectivity index (χ1n) is 4.84. The van der Waals surface area contributed by atoms with Crippen molar-refractivity contribution in [2.24, 2.45) is 13.0 Å². The zero-order chi connectivity index (χ0) is 11.6. The van der Waals surface area contributed by atoms with Crippen LogP contribution in [0.2, 0.25) is 5.02 Å². The Kier molecular flexibility index (Phi) is 3.74. The molecule has 0 bridgehead atoms. The standard InChI is InChI=1S/C10H15ClN2O2/c1-6(10(14)15)4-5-8-9(11)7(2)12-13(8)3/h6H,4-5H2,1-3H3,(H,14,15). The van der Waals surface area contributed by atoms with Gasteiger partial charge in [0.25, 0.3) is 0 Å². The normalized spacial score (nSPS) is 12.8. The summed E-state index contributed by atoms with van der Waals surface area (Å²) in [4.78, 5) is 10.6. The molecule has 1 N–H and O–H groups in total. The second kappa shape index (κ2) is 4.66. The predicted octanol–water partition coefficient (Wildman–Crippen LogP) is 2.04. The van der Waals surface area contributed by atoms with Crippen LogP contribution in [0.15, 0.2) is 0 Å². The monoisotopic (exact) mass is 230 g/mol. The molecule has 1 heterocycles. The van der Waals surface area contributed by atoms with Gasteiger partial charge in [-0.1, -0.05) is 18.5 Å². The highest BCUT2D eigenvalue weighted by molar-refractivity contribution is 6.31. The van der Waals surface area contributed by atoms with Gasteiger partial charge < -0.3 is 5.11 Å². The van der Waals surface area contributed by atoms with E-state index in [1.54, 1.807) is 11.6 Å². The number of nitrogens with zero attached hydrogens (tertiary/aromatic N) is 2. The molecule has 1 atom stereocenters. The summed E-state index contributed by atoms with van der Waals surface area (Å²) < 4.78 is 1.71. The van der Waals surface area contributed by atoms with Crippen LogP contribution in [0.4, 0.5) is 0 Å². The quantitative estimate of drug-likeness (QED) is 0.861. The summed E-state index contributed by atoms with van der Waals surface area (Å²) in [6.07, 6.45) is 1.22. The Balaban J connectivity index is 2.69. The SMILES string of the molecule is Cc1nn(C)c(CCC(C)C(=O)O)c1Cl. The molecule has 0 fully saturated rings. The Bertz CT molecular complexity index is 374. The number of halogens is 1. The third-order valence-corrected chi connectivity index (χ3v) is 2.99. The number of carboxylic acids is 1. The van der Waals surface area contributed by atoms with Crippen LogP contribution in [0, 0.1) is 12.8 Å². The molecule has 0 radical (unpaired) electrons. The maximum Gasteiger partial charge on any atom is 0.306 e. The number of aliphatic carboxylic acids is 1. The Labute approximate surface area is 93.9 Å². The minimum Gasteiger partial charge on any atom is -0.481 e. The topological polar surface area (TPSA) is 55.1 Å². The van der Waals surface area contributed by atoms with Crippen molar-refractivity contribution in [1.82, 2.24) is 9.78 Å². The summed E-state index contributed by atoms with van der Waals surface area (Å²) in [5, 5.41) is 13.6. The van der Waals surface area contributed by atoms with Crippen molar-refractivity contribution < 1.29 is 9.90 Å². The predicted molar refractivity (Wildman–Crippen MR) is 58.1 cm³/mol. The van der Waals surface area contributed by atoms with Crippen LogP contribution in [0.1, 0.15) is 24.7 Å². The Hall–Kier alpha value is -1.03. The van der Waals surface area contributed by atoms with Crippen molar-refractivity contribution in [3.05, 3.63) is 16.4 Å². The molecule has 4 nitrogen and oxygen atoms in total. The van der Waals surface area contributed by atoms with E-state index in [1.165, 1.54) is 0 Å². The van der Waals surface area contributed by atoms with Gasteiger partial charge in [-0.15, -0.1) is 0 Å². The largest absolute Gasteiger partial charge is 0.481 e. The molecule has 1 rings (SSSR count). The van der Waals surface area contributed by atoms with Crippen LogP contribution in [0.5, 0.6) is 0 Å². The molecule has 0 aromatic carbocycles. The van der Waals surface area contributed by atoms with Crippen LogP contribution in [0.3, 0.4) is 0 Å². The van der Waals surface area contributed by atoms with Crippen molar-refractivity contribution >= 4 is 17.6 Å². The van der Waals surface area contributed by atoms with E-state index in [0.717, 1.165) is 11.4 Å². The Morgan fingerprint density at radius 1 is 1.67 bits per heavy atom. The Morgan fingerprint density at radius 2 is 2.27 bits per heavy atom. The fourth-order valence-corrected chi connectivity index (χ4v) is 1.68. The molecule has 5 heteroatoms. The molecule has 0 aliphatic rings. The molecule has 0 amide bonds. The fraction of sp³-hybridized carbons (Fsp3) is 0.600. The van der Waals surface area contributed by atoms with Gasteiger partial charge in [-0.3, -0.25) is 9.48 Å². The minimum absolute atomic E-state index is 0.351. The van der Waals surface area contributed by atoms with Crippen molar-refractivity contribution in [3.8, 4) is 0 Å². The van der Waals surface area contributed by atoms with E-state index in [-0.39, 0.29) is 5.92 Å². The molecule has 1 aromatic heterocycles. The van der Waals surface area contributed by atoms with Gasteiger partial charge in [-0.05, 0) is 19.8 Å². The van der Waals surface area contributed by atoms with Crippen LogP contribution in [-0.4, -0.2) is 20.9 Å². The van der Waals surface area contributed by atoms with Gasteiger partial charge in [0.05, 0.1) is 22.3 Å². The summed E-state index contributed by atoms with van der Waals surface area (Å²) in [7, 11) is 1.82. The number of carbonyl (C=O) groups is 1. The van der Waals surface area contributed by atoms with E-state index < -0.39 is 5.97 Å². The van der Waals surface area contributed by atoms with E-state index >= 15 is 0 Å². The minimum atomic E-state index is -0.773. The molecule has 15 heavy (non-hydrogen) atoms. The lowest BCUT2D eigenvalue weighted by Gasteiger charge is -2.06. The van der Waals surface area contributed by atoms with Gasteiger partial charge in [0.15, 0.2) is 0 Å². The molecule has 1 aromatic rings. The van der Waals surface area contributed by atoms with E-state index in [0.29, 0.717) is 17.9 Å². The van der Waals surface area contributed by atoms with Gasteiger partial charge in [0.2, 0.25) is 0 Å². The van der Waals surface area contributed by atoms with Gasteiger partial charge in [-0.2, -0.15) is 5.10 Å². The first-order chi connectivity index (χ1) is 6.93. The van der Waals surface area contributed by atoms with Gasteiger partial charge in [0, 0.05) is 7.05 Å².